The number of hydrogen-bond acceptors (Lipinski definition) is 1. The van der Waals surface area contributed by atoms with Crippen LogP contribution in [0.5, 0.6) is 0 Å². The molecule has 1 aliphatic rings. The maximum absolute atomic E-state index is 13.4. The fourth-order valence-electron chi connectivity index (χ4n) is 3.90. The summed E-state index contributed by atoms with van der Waals surface area (Å²) in [4.78, 5) is 1.93. The van der Waals surface area contributed by atoms with Crippen LogP contribution < -0.4 is 0 Å². The van der Waals surface area contributed by atoms with Gasteiger partial charge in [0.1, 0.15) is 0 Å². The second-order valence-electron chi connectivity index (χ2n) is 7.56. The summed E-state index contributed by atoms with van der Waals surface area (Å²) in [6.07, 6.45) is -8.17. The van der Waals surface area contributed by atoms with Crippen LogP contribution >= 0.6 is 0 Å². The standard InChI is InChI=1S/C21H21F6N/c1-13-3-8-18(21(25,26)27)16(9-13)12-28-11-14(2)10-19(28)15-4-6-17(7-5-15)20(22,23)24/h3-9,14,19H,10-12H2,1-2H3/t14-,19-/m1/s1. The van der Waals surface area contributed by atoms with Crippen molar-refractivity contribution in [1.29, 1.82) is 0 Å². The van der Waals surface area contributed by atoms with Crippen LogP contribution in [-0.2, 0) is 18.9 Å². The first kappa shape index (κ1) is 20.7. The largest absolute Gasteiger partial charge is 0.416 e. The van der Waals surface area contributed by atoms with Gasteiger partial charge in [-0.2, -0.15) is 26.3 Å². The molecule has 0 aromatic heterocycles. The molecule has 0 unspecified atom stereocenters. The predicted molar refractivity (Wildman–Crippen MR) is 94.6 cm³/mol. The van der Waals surface area contributed by atoms with Crippen molar-refractivity contribution in [2.75, 3.05) is 6.54 Å². The fraction of sp³-hybridized carbons (Fsp3) is 0.429. The number of nitrogens with zero attached hydrogens (tertiary/aromatic N) is 1. The number of rotatable bonds is 3. The van der Waals surface area contributed by atoms with Gasteiger partial charge in [-0.15, -0.1) is 0 Å². The zero-order valence-corrected chi connectivity index (χ0v) is 15.5. The summed E-state index contributed by atoms with van der Waals surface area (Å²) in [5.41, 5.74) is 0.231. The van der Waals surface area contributed by atoms with E-state index in [1.807, 2.05) is 11.8 Å². The molecule has 0 radical (unpaired) electrons. The normalized spacial score (nSPS) is 21.3. The zero-order valence-electron chi connectivity index (χ0n) is 15.5. The molecular weight excluding hydrogens is 380 g/mol. The van der Waals surface area contributed by atoms with E-state index >= 15 is 0 Å². The lowest BCUT2D eigenvalue weighted by molar-refractivity contribution is -0.138. The summed E-state index contributed by atoms with van der Waals surface area (Å²) >= 11 is 0. The van der Waals surface area contributed by atoms with Crippen LogP contribution in [0.1, 0.15) is 47.2 Å². The van der Waals surface area contributed by atoms with Crippen molar-refractivity contribution < 1.29 is 26.3 Å². The Morgan fingerprint density at radius 3 is 2.14 bits per heavy atom. The average molecular weight is 401 g/mol. The molecule has 1 nitrogen and oxygen atoms in total. The molecule has 2 atom stereocenters. The third kappa shape index (κ3) is 4.51. The van der Waals surface area contributed by atoms with Gasteiger partial charge < -0.3 is 0 Å². The predicted octanol–water partition coefficient (Wildman–Crippen LogP) is 6.62. The lowest BCUT2D eigenvalue weighted by atomic mass is 9.98. The second kappa shape index (κ2) is 7.43. The summed E-state index contributed by atoms with van der Waals surface area (Å²) in [6.45, 7) is 4.44. The van der Waals surface area contributed by atoms with Crippen molar-refractivity contribution in [3.63, 3.8) is 0 Å². The van der Waals surface area contributed by atoms with Gasteiger partial charge in [-0.3, -0.25) is 4.90 Å². The van der Waals surface area contributed by atoms with Crippen LogP contribution in [0, 0.1) is 12.8 Å². The number of benzene rings is 2. The van der Waals surface area contributed by atoms with Crippen LogP contribution in [-0.4, -0.2) is 11.4 Å². The number of aryl methyl sites for hydroxylation is 1. The van der Waals surface area contributed by atoms with Gasteiger partial charge in [-0.25, -0.2) is 0 Å². The van der Waals surface area contributed by atoms with Crippen LogP contribution in [0.3, 0.4) is 0 Å². The zero-order chi connectivity index (χ0) is 20.7. The third-order valence-electron chi connectivity index (χ3n) is 5.17. The molecule has 28 heavy (non-hydrogen) atoms. The van der Waals surface area contributed by atoms with Gasteiger partial charge in [0.25, 0.3) is 0 Å². The Morgan fingerprint density at radius 2 is 1.57 bits per heavy atom. The smallest absolute Gasteiger partial charge is 0.292 e. The number of halogens is 6. The molecule has 3 rings (SSSR count). The first-order valence-electron chi connectivity index (χ1n) is 9.03. The van der Waals surface area contributed by atoms with Crippen LogP contribution in [0.4, 0.5) is 26.3 Å². The highest BCUT2D eigenvalue weighted by atomic mass is 19.4. The molecule has 2 aromatic carbocycles. The number of alkyl halides is 6. The minimum absolute atomic E-state index is 0.104. The highest BCUT2D eigenvalue weighted by molar-refractivity contribution is 5.34. The maximum atomic E-state index is 13.4. The van der Waals surface area contributed by atoms with Gasteiger partial charge in [0.05, 0.1) is 11.1 Å². The minimum Gasteiger partial charge on any atom is -0.292 e. The lowest BCUT2D eigenvalue weighted by Crippen LogP contribution is -2.25. The summed E-state index contributed by atoms with van der Waals surface area (Å²) in [5, 5.41) is 0. The van der Waals surface area contributed by atoms with Crippen LogP contribution in [0.25, 0.3) is 0 Å². The van der Waals surface area contributed by atoms with E-state index in [1.165, 1.54) is 24.3 Å². The lowest BCUT2D eigenvalue weighted by Gasteiger charge is -2.27. The molecule has 0 spiro atoms. The quantitative estimate of drug-likeness (QED) is 0.523. The van der Waals surface area contributed by atoms with Crippen LogP contribution in [0.15, 0.2) is 42.5 Å². The van der Waals surface area contributed by atoms with Crippen molar-refractivity contribution in [3.05, 3.63) is 70.3 Å². The van der Waals surface area contributed by atoms with Gasteiger partial charge in [-0.05, 0) is 48.6 Å². The highest BCUT2D eigenvalue weighted by Crippen LogP contribution is 2.40. The first-order chi connectivity index (χ1) is 12.9. The molecule has 1 aliphatic heterocycles. The molecule has 0 N–H and O–H groups in total. The highest BCUT2D eigenvalue weighted by Gasteiger charge is 2.37. The molecule has 7 heteroatoms. The Balaban J connectivity index is 1.89. The van der Waals surface area contributed by atoms with Crippen molar-refractivity contribution in [2.45, 2.75) is 45.2 Å². The van der Waals surface area contributed by atoms with E-state index in [1.54, 1.807) is 6.92 Å². The van der Waals surface area contributed by atoms with E-state index in [0.717, 1.165) is 23.8 Å². The van der Waals surface area contributed by atoms with Crippen molar-refractivity contribution in [3.8, 4) is 0 Å². The maximum Gasteiger partial charge on any atom is 0.416 e. The Hall–Kier alpha value is -2.02. The minimum atomic E-state index is -4.45. The molecule has 152 valence electrons. The Bertz CT molecular complexity index is 822. The van der Waals surface area contributed by atoms with Gasteiger partial charge >= 0.3 is 12.4 Å². The summed E-state index contributed by atoms with van der Waals surface area (Å²) in [7, 11) is 0. The van der Waals surface area contributed by atoms with E-state index in [0.29, 0.717) is 18.5 Å². The number of hydrogen-bond donors (Lipinski definition) is 0. The fourth-order valence-corrected chi connectivity index (χ4v) is 3.90. The van der Waals surface area contributed by atoms with Crippen molar-refractivity contribution >= 4 is 0 Å². The molecule has 0 aliphatic carbocycles. The SMILES string of the molecule is Cc1ccc(C(F)(F)F)c(CN2C[C@H](C)C[C@@H]2c2ccc(C(F)(F)F)cc2)c1. The van der Waals surface area contributed by atoms with Crippen LogP contribution in [0.2, 0.25) is 0 Å². The Morgan fingerprint density at radius 1 is 0.929 bits per heavy atom. The van der Waals surface area contributed by atoms with Gasteiger partial charge in [0.2, 0.25) is 0 Å². The monoisotopic (exact) mass is 401 g/mol. The van der Waals surface area contributed by atoms with Gasteiger partial charge in [-0.1, -0.05) is 36.8 Å². The third-order valence-corrected chi connectivity index (χ3v) is 5.17. The molecule has 0 saturated carbocycles. The summed E-state index contributed by atoms with van der Waals surface area (Å²) in [6, 6.07) is 8.78. The van der Waals surface area contributed by atoms with Gasteiger partial charge in [0.15, 0.2) is 0 Å². The number of likely N-dealkylation sites (tertiary alicyclic amines) is 1. The van der Waals surface area contributed by atoms with E-state index in [-0.39, 0.29) is 24.1 Å². The molecular formula is C21H21F6N. The Labute approximate surface area is 160 Å². The Kier molecular flexibility index (Phi) is 5.49. The van der Waals surface area contributed by atoms with Crippen molar-refractivity contribution in [1.82, 2.24) is 4.90 Å². The molecule has 1 fully saturated rings. The van der Waals surface area contributed by atoms with Gasteiger partial charge in [0, 0.05) is 19.1 Å². The topological polar surface area (TPSA) is 3.24 Å². The molecule has 0 bridgehead atoms. The summed E-state index contributed by atoms with van der Waals surface area (Å²) in [5.74, 6) is 0.242. The molecule has 1 saturated heterocycles. The first-order valence-corrected chi connectivity index (χ1v) is 9.03. The molecule has 0 amide bonds. The van der Waals surface area contributed by atoms with E-state index in [2.05, 4.69) is 0 Å². The molecule has 2 aromatic rings. The van der Waals surface area contributed by atoms with E-state index in [4.69, 9.17) is 0 Å². The van der Waals surface area contributed by atoms with Crippen molar-refractivity contribution in [2.24, 2.45) is 5.92 Å². The molecule has 1 heterocycles. The second-order valence-corrected chi connectivity index (χ2v) is 7.56. The van der Waals surface area contributed by atoms with E-state index < -0.39 is 23.5 Å². The summed E-state index contributed by atoms with van der Waals surface area (Å²) < 4.78 is 78.5. The van der Waals surface area contributed by atoms with E-state index in [9.17, 15) is 26.3 Å². The average Bonchev–Trinajstić information content (AvgIpc) is 2.93.